The van der Waals surface area contributed by atoms with Gasteiger partial charge in [-0.25, -0.2) is 0 Å². The topological polar surface area (TPSA) is 149 Å². The van der Waals surface area contributed by atoms with E-state index >= 15 is 0 Å². The van der Waals surface area contributed by atoms with Crippen molar-refractivity contribution < 1.29 is 39.8 Å². The molecule has 0 bridgehead atoms. The van der Waals surface area contributed by atoms with Crippen molar-refractivity contribution >= 4 is 5.91 Å². The molecule has 7 atom stereocenters. The van der Waals surface area contributed by atoms with Crippen molar-refractivity contribution in [2.75, 3.05) is 13.2 Å². The van der Waals surface area contributed by atoms with Gasteiger partial charge in [0.1, 0.15) is 24.4 Å². The molecule has 1 aliphatic heterocycles. The summed E-state index contributed by atoms with van der Waals surface area (Å²) < 4.78 is 11.2. The average molecular weight is 904 g/mol. The smallest absolute Gasteiger partial charge is 0.220 e. The average Bonchev–Trinajstić information content (AvgIpc) is 3.29. The minimum Gasteiger partial charge on any atom is -0.394 e. The Balaban J connectivity index is 2.26. The Morgan fingerprint density at radius 2 is 0.938 bits per heavy atom. The van der Waals surface area contributed by atoms with E-state index in [0.717, 1.165) is 44.9 Å². The van der Waals surface area contributed by atoms with Crippen LogP contribution >= 0.6 is 0 Å². The number of amides is 1. The molecule has 1 amide bonds. The molecule has 0 aromatic rings. The van der Waals surface area contributed by atoms with E-state index < -0.39 is 49.5 Å². The summed E-state index contributed by atoms with van der Waals surface area (Å²) in [4.78, 5) is 13.0. The maximum absolute atomic E-state index is 13.0. The SMILES string of the molecule is CCCCCCC/C=C\C/C=C\CCCCCCCCCCCCCCCC(=O)NC(COC1OC(CO)C(O)C(O)C1O)C(O)/C=C/CC/C=C/CCCCCCCCCCCC. The van der Waals surface area contributed by atoms with E-state index in [-0.39, 0.29) is 12.5 Å². The summed E-state index contributed by atoms with van der Waals surface area (Å²) in [5, 5.41) is 54.3. The summed E-state index contributed by atoms with van der Waals surface area (Å²) in [7, 11) is 0. The fraction of sp³-hybridized carbons (Fsp3) is 0.836. The number of aliphatic hydroxyl groups is 5. The van der Waals surface area contributed by atoms with Crippen LogP contribution in [0.25, 0.3) is 0 Å². The molecule has 1 rings (SSSR count). The number of nitrogens with one attached hydrogen (secondary N) is 1. The van der Waals surface area contributed by atoms with Crippen LogP contribution in [-0.2, 0) is 14.3 Å². The Kier molecular flexibility index (Phi) is 42.3. The van der Waals surface area contributed by atoms with E-state index in [4.69, 9.17) is 9.47 Å². The van der Waals surface area contributed by atoms with Crippen LogP contribution in [0.15, 0.2) is 48.6 Å². The third kappa shape index (κ3) is 34.5. The lowest BCUT2D eigenvalue weighted by Crippen LogP contribution is -2.60. The highest BCUT2D eigenvalue weighted by Crippen LogP contribution is 2.23. The van der Waals surface area contributed by atoms with E-state index in [1.54, 1.807) is 6.08 Å². The lowest BCUT2D eigenvalue weighted by Gasteiger charge is -2.40. The summed E-state index contributed by atoms with van der Waals surface area (Å²) in [6.07, 6.45) is 51.7. The summed E-state index contributed by atoms with van der Waals surface area (Å²) in [6.45, 7) is 3.76. The molecule has 6 N–H and O–H groups in total. The van der Waals surface area contributed by atoms with E-state index in [0.29, 0.717) is 6.42 Å². The molecular formula is C55H101NO8. The standard InChI is InChI=1S/C55H101NO8/c1-3-5-7-9-11-13-15-17-19-21-22-23-24-25-26-27-28-29-31-33-35-37-39-41-43-45-51(59)56-48(47-63-55-54(62)53(61)52(60)50(46-57)64-55)49(58)44-42-40-38-36-34-32-30-20-18-16-14-12-10-8-6-4-2/h15,17,21-22,34,36,42,44,48-50,52-55,57-58,60-62H,3-14,16,18-20,23-33,35,37-41,43,45-47H2,1-2H3,(H,56,59)/b17-15-,22-21-,36-34+,44-42+. The molecule has 0 aromatic carbocycles. The van der Waals surface area contributed by atoms with Gasteiger partial charge in [0.2, 0.25) is 5.91 Å². The van der Waals surface area contributed by atoms with Gasteiger partial charge in [0.05, 0.1) is 25.4 Å². The Hall–Kier alpha value is -1.85. The molecule has 9 heteroatoms. The molecular weight excluding hydrogens is 803 g/mol. The van der Waals surface area contributed by atoms with Gasteiger partial charge in [-0.15, -0.1) is 0 Å². The lowest BCUT2D eigenvalue weighted by atomic mass is 9.99. The zero-order chi connectivity index (χ0) is 46.6. The van der Waals surface area contributed by atoms with Crippen LogP contribution in [-0.4, -0.2) is 87.5 Å². The summed E-state index contributed by atoms with van der Waals surface area (Å²) in [5.41, 5.74) is 0. The third-order valence-electron chi connectivity index (χ3n) is 12.6. The number of carbonyl (C=O) groups is 1. The molecule has 0 spiro atoms. The zero-order valence-corrected chi connectivity index (χ0v) is 41.3. The fourth-order valence-corrected chi connectivity index (χ4v) is 8.32. The van der Waals surface area contributed by atoms with Gasteiger partial charge in [-0.05, 0) is 64.2 Å². The van der Waals surface area contributed by atoms with Gasteiger partial charge >= 0.3 is 0 Å². The molecule has 1 heterocycles. The second-order valence-electron chi connectivity index (χ2n) is 18.7. The number of ether oxygens (including phenoxy) is 2. The van der Waals surface area contributed by atoms with Gasteiger partial charge in [-0.2, -0.15) is 0 Å². The normalized spacial score (nSPS) is 20.4. The molecule has 9 nitrogen and oxygen atoms in total. The first-order valence-electron chi connectivity index (χ1n) is 26.9. The Bertz CT molecular complexity index is 1140. The van der Waals surface area contributed by atoms with Crippen molar-refractivity contribution in [3.8, 4) is 0 Å². The van der Waals surface area contributed by atoms with Crippen molar-refractivity contribution in [1.29, 1.82) is 0 Å². The van der Waals surface area contributed by atoms with Crippen LogP contribution in [0.3, 0.4) is 0 Å². The number of carbonyl (C=O) groups excluding carboxylic acids is 1. The predicted octanol–water partition coefficient (Wildman–Crippen LogP) is 12.6. The van der Waals surface area contributed by atoms with Gasteiger partial charge in [0, 0.05) is 6.42 Å². The Morgan fingerprint density at radius 3 is 1.41 bits per heavy atom. The molecule has 0 radical (unpaired) electrons. The van der Waals surface area contributed by atoms with Crippen LogP contribution in [0.5, 0.6) is 0 Å². The van der Waals surface area contributed by atoms with E-state index in [2.05, 4.69) is 55.6 Å². The molecule has 1 saturated heterocycles. The second-order valence-corrected chi connectivity index (χ2v) is 18.7. The number of allylic oxidation sites excluding steroid dienone is 7. The van der Waals surface area contributed by atoms with Gasteiger partial charge < -0.3 is 40.3 Å². The van der Waals surface area contributed by atoms with E-state index in [1.807, 2.05) is 6.08 Å². The zero-order valence-electron chi connectivity index (χ0n) is 41.3. The van der Waals surface area contributed by atoms with E-state index in [1.165, 1.54) is 173 Å². The van der Waals surface area contributed by atoms with Crippen LogP contribution in [0, 0.1) is 0 Å². The summed E-state index contributed by atoms with van der Waals surface area (Å²) in [5.74, 6) is -0.187. The molecule has 1 fully saturated rings. The van der Waals surface area contributed by atoms with E-state index in [9.17, 15) is 30.3 Å². The molecule has 0 aromatic heterocycles. The molecule has 1 aliphatic rings. The molecule has 374 valence electrons. The number of aliphatic hydroxyl groups excluding tert-OH is 5. The highest BCUT2D eigenvalue weighted by molar-refractivity contribution is 5.76. The van der Waals surface area contributed by atoms with Crippen LogP contribution in [0.1, 0.15) is 239 Å². The monoisotopic (exact) mass is 904 g/mol. The quantitative estimate of drug-likeness (QED) is 0.0261. The maximum Gasteiger partial charge on any atom is 0.220 e. The van der Waals surface area contributed by atoms with Gasteiger partial charge in [-0.3, -0.25) is 4.79 Å². The third-order valence-corrected chi connectivity index (χ3v) is 12.6. The first-order chi connectivity index (χ1) is 31.3. The molecule has 0 aliphatic carbocycles. The van der Waals surface area contributed by atoms with Gasteiger partial charge in [0.25, 0.3) is 0 Å². The van der Waals surface area contributed by atoms with Crippen molar-refractivity contribution in [2.45, 2.75) is 281 Å². The van der Waals surface area contributed by atoms with Crippen molar-refractivity contribution in [3.05, 3.63) is 48.6 Å². The lowest BCUT2D eigenvalue weighted by molar-refractivity contribution is -0.302. The Labute approximate surface area is 393 Å². The van der Waals surface area contributed by atoms with Crippen LogP contribution in [0.4, 0.5) is 0 Å². The van der Waals surface area contributed by atoms with Crippen molar-refractivity contribution in [1.82, 2.24) is 5.32 Å². The number of unbranched alkanes of at least 4 members (excludes halogenated alkanes) is 29. The maximum atomic E-state index is 13.0. The van der Waals surface area contributed by atoms with Crippen molar-refractivity contribution in [3.63, 3.8) is 0 Å². The molecule has 7 unspecified atom stereocenters. The highest BCUT2D eigenvalue weighted by atomic mass is 16.7. The van der Waals surface area contributed by atoms with Crippen LogP contribution < -0.4 is 5.32 Å². The number of hydrogen-bond acceptors (Lipinski definition) is 8. The molecule has 0 saturated carbocycles. The van der Waals surface area contributed by atoms with Gasteiger partial charge in [-0.1, -0.05) is 217 Å². The van der Waals surface area contributed by atoms with Crippen LogP contribution in [0.2, 0.25) is 0 Å². The molecule has 64 heavy (non-hydrogen) atoms. The predicted molar refractivity (Wildman–Crippen MR) is 267 cm³/mol. The Morgan fingerprint density at radius 1 is 0.531 bits per heavy atom. The summed E-state index contributed by atoms with van der Waals surface area (Å²) in [6, 6.07) is -0.822. The number of rotatable bonds is 45. The minimum atomic E-state index is -1.57. The van der Waals surface area contributed by atoms with Gasteiger partial charge in [0.15, 0.2) is 6.29 Å². The minimum absolute atomic E-state index is 0.187. The first-order valence-corrected chi connectivity index (χ1v) is 26.9. The first kappa shape index (κ1) is 60.2. The largest absolute Gasteiger partial charge is 0.394 e. The second kappa shape index (κ2) is 45.0. The highest BCUT2D eigenvalue weighted by Gasteiger charge is 2.44. The summed E-state index contributed by atoms with van der Waals surface area (Å²) >= 11 is 0. The van der Waals surface area contributed by atoms with Crippen molar-refractivity contribution in [2.24, 2.45) is 0 Å². The number of hydrogen-bond donors (Lipinski definition) is 6. The fourth-order valence-electron chi connectivity index (χ4n) is 8.32.